The summed E-state index contributed by atoms with van der Waals surface area (Å²) in [6, 6.07) is 19.8. The first kappa shape index (κ1) is 24.3. The number of urea groups is 1. The van der Waals surface area contributed by atoms with Crippen LogP contribution in [-0.2, 0) is 16.1 Å². The van der Waals surface area contributed by atoms with Crippen LogP contribution >= 0.6 is 11.6 Å². The van der Waals surface area contributed by atoms with Crippen LogP contribution < -0.4 is 15.0 Å². The van der Waals surface area contributed by atoms with E-state index in [1.807, 2.05) is 26.0 Å². The lowest BCUT2D eigenvalue weighted by Gasteiger charge is -2.21. The fourth-order valence-corrected chi connectivity index (χ4v) is 4.05. The number of hydrogen-bond acceptors (Lipinski definition) is 4. The normalized spacial score (nSPS) is 15.5. The standard InChI is InChI=1S/C27H26ClN3O4/c1-3-35-23-14-10-21(11-15-23)29-25(32)16-24-26(33)31(22-12-4-18(2)5-13-22)27(34)30(24)17-19-6-8-20(28)9-7-19/h4-15,24H,3,16-17H2,1-2H3,(H,29,32)/t24-/m0/s1. The maximum atomic E-state index is 13.4. The van der Waals surface area contributed by atoms with Crippen LogP contribution in [0.1, 0.15) is 24.5 Å². The van der Waals surface area contributed by atoms with Crippen LogP contribution in [-0.4, -0.2) is 35.4 Å². The number of ether oxygens (including phenoxy) is 1. The van der Waals surface area contributed by atoms with Crippen molar-refractivity contribution >= 4 is 40.8 Å². The van der Waals surface area contributed by atoms with Gasteiger partial charge in [0.25, 0.3) is 5.91 Å². The Bertz CT molecular complexity index is 1210. The topological polar surface area (TPSA) is 79.0 Å². The van der Waals surface area contributed by atoms with Gasteiger partial charge in [0, 0.05) is 17.3 Å². The number of nitrogens with zero attached hydrogens (tertiary/aromatic N) is 2. The molecule has 0 spiro atoms. The van der Waals surface area contributed by atoms with Crippen molar-refractivity contribution < 1.29 is 19.1 Å². The number of benzene rings is 3. The Morgan fingerprint density at radius 3 is 2.26 bits per heavy atom. The van der Waals surface area contributed by atoms with E-state index in [0.717, 1.165) is 16.0 Å². The van der Waals surface area contributed by atoms with E-state index in [4.69, 9.17) is 16.3 Å². The molecule has 0 aliphatic carbocycles. The molecule has 4 rings (SSSR count). The van der Waals surface area contributed by atoms with Gasteiger partial charge in [-0.15, -0.1) is 0 Å². The summed E-state index contributed by atoms with van der Waals surface area (Å²) in [5.41, 5.74) is 2.87. The van der Waals surface area contributed by atoms with Crippen molar-refractivity contribution in [3.63, 3.8) is 0 Å². The van der Waals surface area contributed by atoms with Gasteiger partial charge in [0.05, 0.1) is 18.7 Å². The summed E-state index contributed by atoms with van der Waals surface area (Å²) in [5, 5.41) is 3.38. The van der Waals surface area contributed by atoms with Crippen LogP contribution in [0.3, 0.4) is 0 Å². The highest BCUT2D eigenvalue weighted by Crippen LogP contribution is 2.29. The molecule has 0 saturated carbocycles. The van der Waals surface area contributed by atoms with Gasteiger partial charge in [0.2, 0.25) is 5.91 Å². The number of carbonyl (C=O) groups is 3. The average Bonchev–Trinajstić information content (AvgIpc) is 3.06. The molecule has 1 saturated heterocycles. The lowest BCUT2D eigenvalue weighted by molar-refractivity contribution is -0.124. The minimum Gasteiger partial charge on any atom is -0.494 e. The van der Waals surface area contributed by atoms with Gasteiger partial charge in [-0.1, -0.05) is 41.4 Å². The van der Waals surface area contributed by atoms with Crippen molar-refractivity contribution in [3.05, 3.63) is 88.9 Å². The summed E-state index contributed by atoms with van der Waals surface area (Å²) in [7, 11) is 0. The Morgan fingerprint density at radius 1 is 0.971 bits per heavy atom. The van der Waals surface area contributed by atoms with Gasteiger partial charge in [-0.3, -0.25) is 9.59 Å². The Kier molecular flexibility index (Phi) is 7.36. The summed E-state index contributed by atoms with van der Waals surface area (Å²) in [6.45, 7) is 4.54. The van der Waals surface area contributed by atoms with Gasteiger partial charge in [-0.05, 0) is 67.9 Å². The SMILES string of the molecule is CCOc1ccc(NC(=O)C[C@H]2C(=O)N(c3ccc(C)cc3)C(=O)N2Cc2ccc(Cl)cc2)cc1. The molecule has 0 aromatic heterocycles. The zero-order valence-electron chi connectivity index (χ0n) is 19.5. The van der Waals surface area contributed by atoms with Crippen LogP contribution in [0.25, 0.3) is 0 Å². The second-order valence-corrected chi connectivity index (χ2v) is 8.71. The van der Waals surface area contributed by atoms with E-state index in [9.17, 15) is 14.4 Å². The number of anilines is 2. The smallest absolute Gasteiger partial charge is 0.332 e. The first-order valence-corrected chi connectivity index (χ1v) is 11.7. The Balaban J connectivity index is 1.56. The molecule has 0 radical (unpaired) electrons. The highest BCUT2D eigenvalue weighted by molar-refractivity contribution is 6.30. The molecule has 35 heavy (non-hydrogen) atoms. The monoisotopic (exact) mass is 491 g/mol. The fraction of sp³-hybridized carbons (Fsp3) is 0.222. The highest BCUT2D eigenvalue weighted by Gasteiger charge is 2.46. The molecular weight excluding hydrogens is 466 g/mol. The molecule has 0 bridgehead atoms. The minimum absolute atomic E-state index is 0.172. The van der Waals surface area contributed by atoms with Gasteiger partial charge in [0.1, 0.15) is 11.8 Å². The lowest BCUT2D eigenvalue weighted by atomic mass is 10.1. The second kappa shape index (κ2) is 10.6. The van der Waals surface area contributed by atoms with E-state index >= 15 is 0 Å². The molecule has 0 unspecified atom stereocenters. The summed E-state index contributed by atoms with van der Waals surface area (Å²) < 4.78 is 5.42. The van der Waals surface area contributed by atoms with E-state index in [1.54, 1.807) is 60.7 Å². The summed E-state index contributed by atoms with van der Waals surface area (Å²) in [4.78, 5) is 42.3. The molecule has 1 heterocycles. The molecule has 1 atom stereocenters. The molecule has 7 nitrogen and oxygen atoms in total. The number of halogens is 1. The number of rotatable bonds is 8. The molecule has 1 aliphatic rings. The third kappa shape index (κ3) is 5.63. The summed E-state index contributed by atoms with van der Waals surface area (Å²) >= 11 is 5.99. The first-order valence-electron chi connectivity index (χ1n) is 11.3. The molecule has 3 aromatic carbocycles. The molecule has 4 amide bonds. The van der Waals surface area contributed by atoms with Crippen LogP contribution in [0.4, 0.5) is 16.2 Å². The second-order valence-electron chi connectivity index (χ2n) is 8.27. The van der Waals surface area contributed by atoms with Crippen LogP contribution in [0.15, 0.2) is 72.8 Å². The number of nitrogens with one attached hydrogen (secondary N) is 1. The molecule has 8 heteroatoms. The highest BCUT2D eigenvalue weighted by atomic mass is 35.5. The predicted octanol–water partition coefficient (Wildman–Crippen LogP) is 5.41. The molecule has 1 aliphatic heterocycles. The zero-order valence-corrected chi connectivity index (χ0v) is 20.3. The molecule has 1 fully saturated rings. The van der Waals surface area contributed by atoms with E-state index < -0.39 is 18.0 Å². The Morgan fingerprint density at radius 2 is 1.63 bits per heavy atom. The first-order chi connectivity index (χ1) is 16.9. The molecular formula is C27H26ClN3O4. The zero-order chi connectivity index (χ0) is 24.9. The molecule has 3 aromatic rings. The van der Waals surface area contributed by atoms with E-state index in [1.165, 1.54) is 4.90 Å². The van der Waals surface area contributed by atoms with Crippen LogP contribution in [0.5, 0.6) is 5.75 Å². The van der Waals surface area contributed by atoms with E-state index in [0.29, 0.717) is 28.8 Å². The Labute approximate surface area is 209 Å². The summed E-state index contributed by atoms with van der Waals surface area (Å²) in [6.07, 6.45) is -0.173. The van der Waals surface area contributed by atoms with Crippen molar-refractivity contribution in [1.82, 2.24) is 4.90 Å². The number of hydrogen-bond donors (Lipinski definition) is 1. The molecule has 1 N–H and O–H groups in total. The predicted molar refractivity (Wildman–Crippen MR) is 136 cm³/mol. The van der Waals surface area contributed by atoms with Gasteiger partial charge >= 0.3 is 6.03 Å². The maximum Gasteiger partial charge on any atom is 0.332 e. The number of carbonyl (C=O) groups excluding carboxylic acids is 3. The van der Waals surface area contributed by atoms with E-state index in [-0.39, 0.29) is 18.9 Å². The Hall–Kier alpha value is -3.84. The number of amides is 4. The van der Waals surface area contributed by atoms with Gasteiger partial charge in [-0.25, -0.2) is 9.69 Å². The van der Waals surface area contributed by atoms with Crippen LogP contribution in [0, 0.1) is 6.92 Å². The van der Waals surface area contributed by atoms with Crippen molar-refractivity contribution in [2.75, 3.05) is 16.8 Å². The van der Waals surface area contributed by atoms with Gasteiger partial charge < -0.3 is 15.0 Å². The third-order valence-corrected chi connectivity index (χ3v) is 5.96. The van der Waals surface area contributed by atoms with Crippen molar-refractivity contribution in [2.24, 2.45) is 0 Å². The number of aryl methyl sites for hydroxylation is 1. The maximum absolute atomic E-state index is 13.4. The third-order valence-electron chi connectivity index (χ3n) is 5.70. The average molecular weight is 492 g/mol. The van der Waals surface area contributed by atoms with Crippen molar-refractivity contribution in [1.29, 1.82) is 0 Å². The van der Waals surface area contributed by atoms with Gasteiger partial charge in [0.15, 0.2) is 0 Å². The molecule has 180 valence electrons. The number of imide groups is 1. The summed E-state index contributed by atoms with van der Waals surface area (Å²) in [5.74, 6) is -0.105. The van der Waals surface area contributed by atoms with Crippen LogP contribution in [0.2, 0.25) is 5.02 Å². The van der Waals surface area contributed by atoms with E-state index in [2.05, 4.69) is 5.32 Å². The lowest BCUT2D eigenvalue weighted by Crippen LogP contribution is -2.37. The van der Waals surface area contributed by atoms with Crippen molar-refractivity contribution in [3.8, 4) is 5.75 Å². The quantitative estimate of drug-likeness (QED) is 0.427. The van der Waals surface area contributed by atoms with Crippen molar-refractivity contribution in [2.45, 2.75) is 32.9 Å². The largest absolute Gasteiger partial charge is 0.494 e. The van der Waals surface area contributed by atoms with Gasteiger partial charge in [-0.2, -0.15) is 0 Å². The minimum atomic E-state index is -0.942. The fourth-order valence-electron chi connectivity index (χ4n) is 3.92.